The van der Waals surface area contributed by atoms with Crippen LogP contribution in [0.4, 0.5) is 0 Å². The Morgan fingerprint density at radius 2 is 2.24 bits per heavy atom. The molecule has 1 atom stereocenters. The number of nitrogens with zero attached hydrogens (tertiary/aromatic N) is 1. The molecule has 21 heavy (non-hydrogen) atoms. The number of fused-ring (bicyclic) bond motifs is 1. The first-order valence-electron chi connectivity index (χ1n) is 7.46. The van der Waals surface area contributed by atoms with Gasteiger partial charge in [-0.2, -0.15) is 0 Å². The summed E-state index contributed by atoms with van der Waals surface area (Å²) < 4.78 is 5.04. The monoisotopic (exact) mass is 291 g/mol. The van der Waals surface area contributed by atoms with E-state index in [1.807, 2.05) is 19.2 Å². The van der Waals surface area contributed by atoms with Crippen molar-refractivity contribution in [1.29, 1.82) is 0 Å². The number of ether oxygens (including phenoxy) is 1. The van der Waals surface area contributed by atoms with Gasteiger partial charge in [-0.25, -0.2) is 0 Å². The molecule has 0 spiro atoms. The van der Waals surface area contributed by atoms with E-state index in [1.165, 1.54) is 5.56 Å². The number of carbonyl (C=O) groups excluding carboxylic acids is 1. The Labute approximate surface area is 126 Å². The Hall–Kier alpha value is -1.43. The lowest BCUT2D eigenvalue weighted by atomic mass is 9.90. The molecule has 2 rings (SSSR count). The third-order valence-corrected chi connectivity index (χ3v) is 3.88. The molecule has 0 saturated carbocycles. The highest BCUT2D eigenvalue weighted by Gasteiger charge is 2.25. The third-order valence-electron chi connectivity index (χ3n) is 3.88. The Balaban J connectivity index is 1.82. The fourth-order valence-corrected chi connectivity index (χ4v) is 2.58. The highest BCUT2D eigenvalue weighted by atomic mass is 16.5. The molecule has 1 aliphatic heterocycles. The number of benzene rings is 1. The van der Waals surface area contributed by atoms with Crippen molar-refractivity contribution in [2.75, 3.05) is 46.9 Å². The molecule has 116 valence electrons. The molecular formula is C16H25N3O2. The zero-order valence-electron chi connectivity index (χ0n) is 12.9. The number of rotatable bonds is 7. The number of likely N-dealkylation sites (N-methyl/N-ethyl adjacent to an activating group) is 1. The summed E-state index contributed by atoms with van der Waals surface area (Å²) in [5, 5.41) is 6.35. The average Bonchev–Trinajstić information content (AvgIpc) is 2.52. The predicted molar refractivity (Wildman–Crippen MR) is 83.3 cm³/mol. The standard InChI is InChI=1S/C16H25N3O2/c1-19(9-10-21-2)8-7-18-16(20)15-12-17-11-13-5-3-4-6-14(13)15/h3-6,15,17H,7-12H2,1-2H3,(H,18,20). The van der Waals surface area contributed by atoms with Gasteiger partial charge in [0, 0.05) is 39.8 Å². The topological polar surface area (TPSA) is 53.6 Å². The van der Waals surface area contributed by atoms with Crippen LogP contribution in [0.25, 0.3) is 0 Å². The van der Waals surface area contributed by atoms with Gasteiger partial charge in [0.05, 0.1) is 12.5 Å². The highest BCUT2D eigenvalue weighted by molar-refractivity contribution is 5.84. The number of nitrogens with one attached hydrogen (secondary N) is 2. The first-order chi connectivity index (χ1) is 10.2. The van der Waals surface area contributed by atoms with E-state index in [0.29, 0.717) is 19.7 Å². The first-order valence-corrected chi connectivity index (χ1v) is 7.46. The molecule has 5 heteroatoms. The fraction of sp³-hybridized carbons (Fsp3) is 0.562. The van der Waals surface area contributed by atoms with Crippen molar-refractivity contribution in [2.24, 2.45) is 0 Å². The molecule has 1 heterocycles. The smallest absolute Gasteiger partial charge is 0.228 e. The van der Waals surface area contributed by atoms with Gasteiger partial charge in [0.25, 0.3) is 0 Å². The summed E-state index contributed by atoms with van der Waals surface area (Å²) in [5.74, 6) is 0.0222. The van der Waals surface area contributed by atoms with Gasteiger partial charge in [-0.05, 0) is 18.2 Å². The van der Waals surface area contributed by atoms with Gasteiger partial charge < -0.3 is 20.3 Å². The summed E-state index contributed by atoms with van der Waals surface area (Å²) in [6.45, 7) is 4.64. The summed E-state index contributed by atoms with van der Waals surface area (Å²) in [6, 6.07) is 8.17. The maximum atomic E-state index is 12.4. The summed E-state index contributed by atoms with van der Waals surface area (Å²) in [7, 11) is 3.73. The summed E-state index contributed by atoms with van der Waals surface area (Å²) >= 11 is 0. The molecule has 1 amide bonds. The van der Waals surface area contributed by atoms with Crippen LogP contribution >= 0.6 is 0 Å². The van der Waals surface area contributed by atoms with Crippen LogP contribution < -0.4 is 10.6 Å². The van der Waals surface area contributed by atoms with Crippen LogP contribution in [0, 0.1) is 0 Å². The molecule has 1 unspecified atom stereocenters. The molecule has 2 N–H and O–H groups in total. The molecule has 0 fully saturated rings. The Kier molecular flexibility index (Phi) is 6.17. The van der Waals surface area contributed by atoms with Crippen LogP contribution in [0.3, 0.4) is 0 Å². The van der Waals surface area contributed by atoms with Gasteiger partial charge in [-0.1, -0.05) is 24.3 Å². The van der Waals surface area contributed by atoms with E-state index in [0.717, 1.165) is 25.2 Å². The molecule has 1 aliphatic rings. The van der Waals surface area contributed by atoms with Crippen LogP contribution in [-0.4, -0.2) is 57.8 Å². The quantitative estimate of drug-likeness (QED) is 0.771. The van der Waals surface area contributed by atoms with Gasteiger partial charge >= 0.3 is 0 Å². The van der Waals surface area contributed by atoms with Gasteiger partial charge in [0.2, 0.25) is 5.91 Å². The minimum absolute atomic E-state index is 0.0840. The van der Waals surface area contributed by atoms with Crippen molar-refractivity contribution < 1.29 is 9.53 Å². The SMILES string of the molecule is COCCN(C)CCNC(=O)C1CNCc2ccccc21. The van der Waals surface area contributed by atoms with Crippen LogP contribution in [0.5, 0.6) is 0 Å². The zero-order chi connectivity index (χ0) is 15.1. The minimum atomic E-state index is -0.0840. The third kappa shape index (κ3) is 4.52. The Morgan fingerprint density at radius 3 is 3.05 bits per heavy atom. The minimum Gasteiger partial charge on any atom is -0.383 e. The van der Waals surface area contributed by atoms with Gasteiger partial charge in [-0.3, -0.25) is 4.79 Å². The van der Waals surface area contributed by atoms with Gasteiger partial charge in [0.1, 0.15) is 0 Å². The normalized spacial score (nSPS) is 17.6. The summed E-state index contributed by atoms with van der Waals surface area (Å²) in [4.78, 5) is 14.5. The molecule has 0 aliphatic carbocycles. The molecule has 0 radical (unpaired) electrons. The van der Waals surface area contributed by atoms with Crippen LogP contribution in [0.15, 0.2) is 24.3 Å². The Morgan fingerprint density at radius 1 is 1.43 bits per heavy atom. The number of carbonyl (C=O) groups is 1. The average molecular weight is 291 g/mol. The van der Waals surface area contributed by atoms with Crippen molar-refractivity contribution in [3.63, 3.8) is 0 Å². The van der Waals surface area contributed by atoms with E-state index in [-0.39, 0.29) is 11.8 Å². The van der Waals surface area contributed by atoms with Crippen LogP contribution in [-0.2, 0) is 16.1 Å². The maximum absolute atomic E-state index is 12.4. The molecular weight excluding hydrogens is 266 g/mol. The first kappa shape index (κ1) is 15.9. The second kappa shape index (κ2) is 8.12. The maximum Gasteiger partial charge on any atom is 0.228 e. The number of methoxy groups -OCH3 is 1. The predicted octanol–water partition coefficient (Wildman–Crippen LogP) is 0.568. The van der Waals surface area contributed by atoms with Crippen molar-refractivity contribution in [3.05, 3.63) is 35.4 Å². The lowest BCUT2D eigenvalue weighted by molar-refractivity contribution is -0.122. The van der Waals surface area contributed by atoms with E-state index < -0.39 is 0 Å². The molecule has 5 nitrogen and oxygen atoms in total. The fourth-order valence-electron chi connectivity index (χ4n) is 2.58. The van der Waals surface area contributed by atoms with Crippen molar-refractivity contribution >= 4 is 5.91 Å². The zero-order valence-corrected chi connectivity index (χ0v) is 12.9. The van der Waals surface area contributed by atoms with Gasteiger partial charge in [0.15, 0.2) is 0 Å². The number of hydrogen-bond acceptors (Lipinski definition) is 4. The number of hydrogen-bond donors (Lipinski definition) is 2. The highest BCUT2D eigenvalue weighted by Crippen LogP contribution is 2.23. The van der Waals surface area contributed by atoms with Crippen molar-refractivity contribution in [2.45, 2.75) is 12.5 Å². The largest absolute Gasteiger partial charge is 0.383 e. The molecule has 0 aromatic heterocycles. The van der Waals surface area contributed by atoms with E-state index in [4.69, 9.17) is 4.74 Å². The molecule has 0 bridgehead atoms. The van der Waals surface area contributed by atoms with Crippen LogP contribution in [0.2, 0.25) is 0 Å². The van der Waals surface area contributed by atoms with Crippen molar-refractivity contribution in [1.82, 2.24) is 15.5 Å². The van der Waals surface area contributed by atoms with E-state index in [2.05, 4.69) is 27.7 Å². The molecule has 1 aromatic rings. The molecule has 0 saturated heterocycles. The number of amides is 1. The van der Waals surface area contributed by atoms with Gasteiger partial charge in [-0.15, -0.1) is 0 Å². The van der Waals surface area contributed by atoms with Crippen LogP contribution in [0.1, 0.15) is 17.0 Å². The summed E-state index contributed by atoms with van der Waals surface area (Å²) in [6.07, 6.45) is 0. The van der Waals surface area contributed by atoms with E-state index in [1.54, 1.807) is 7.11 Å². The summed E-state index contributed by atoms with van der Waals surface area (Å²) in [5.41, 5.74) is 2.38. The van der Waals surface area contributed by atoms with E-state index in [9.17, 15) is 4.79 Å². The molecule has 1 aromatic carbocycles. The second-order valence-corrected chi connectivity index (χ2v) is 5.47. The van der Waals surface area contributed by atoms with Crippen molar-refractivity contribution in [3.8, 4) is 0 Å². The lowest BCUT2D eigenvalue weighted by Crippen LogP contribution is -2.41. The second-order valence-electron chi connectivity index (χ2n) is 5.47. The Bertz CT molecular complexity index is 465. The van der Waals surface area contributed by atoms with E-state index >= 15 is 0 Å². The lowest BCUT2D eigenvalue weighted by Gasteiger charge is -2.26.